The normalized spacial score (nSPS) is 26.3. The fourth-order valence-electron chi connectivity index (χ4n) is 2.61. The largest absolute Gasteiger partial charge is 0.454 e. The van der Waals surface area contributed by atoms with Crippen molar-refractivity contribution in [1.29, 1.82) is 0 Å². The molecule has 3 rings (SSSR count). The predicted octanol–water partition coefficient (Wildman–Crippen LogP) is 3.04. The van der Waals surface area contributed by atoms with Gasteiger partial charge in [-0.2, -0.15) is 0 Å². The zero-order chi connectivity index (χ0) is 12.4. The Bertz CT molecular complexity index is 416. The Morgan fingerprint density at radius 1 is 1.11 bits per heavy atom. The second-order valence-electron chi connectivity index (χ2n) is 4.90. The van der Waals surface area contributed by atoms with Gasteiger partial charge in [0.25, 0.3) is 0 Å². The molecule has 1 heterocycles. The maximum Gasteiger partial charge on any atom is 0.231 e. The van der Waals surface area contributed by atoms with Crippen molar-refractivity contribution in [2.75, 3.05) is 13.8 Å². The van der Waals surface area contributed by atoms with E-state index in [1.54, 1.807) is 0 Å². The molecular formula is C14H19NO2S. The number of benzene rings is 1. The van der Waals surface area contributed by atoms with Crippen LogP contribution < -0.4 is 14.8 Å². The van der Waals surface area contributed by atoms with Crippen LogP contribution in [0.3, 0.4) is 0 Å². The number of fused-ring (bicyclic) bond motifs is 1. The van der Waals surface area contributed by atoms with Gasteiger partial charge in [0.2, 0.25) is 6.79 Å². The first kappa shape index (κ1) is 12.2. The van der Waals surface area contributed by atoms with Gasteiger partial charge in [-0.15, -0.1) is 11.8 Å². The van der Waals surface area contributed by atoms with Crippen molar-refractivity contribution in [3.05, 3.63) is 18.2 Å². The van der Waals surface area contributed by atoms with Crippen LogP contribution in [-0.2, 0) is 0 Å². The molecule has 1 saturated carbocycles. The van der Waals surface area contributed by atoms with E-state index in [0.717, 1.165) is 22.8 Å². The van der Waals surface area contributed by atoms with E-state index in [0.29, 0.717) is 6.79 Å². The van der Waals surface area contributed by atoms with Crippen molar-refractivity contribution in [2.45, 2.75) is 41.9 Å². The summed E-state index contributed by atoms with van der Waals surface area (Å²) in [4.78, 5) is 1.30. The number of hydrogen-bond acceptors (Lipinski definition) is 4. The summed E-state index contributed by atoms with van der Waals surface area (Å²) in [5.74, 6) is 1.77. The standard InChI is InChI=1S/C14H19NO2S/c1-15-10-2-4-11(5-3-10)18-12-6-7-13-14(8-12)17-9-16-13/h6-8,10-11,15H,2-5,9H2,1H3. The molecule has 2 aliphatic rings. The second-order valence-corrected chi connectivity index (χ2v) is 6.27. The summed E-state index contributed by atoms with van der Waals surface area (Å²) < 4.78 is 10.7. The van der Waals surface area contributed by atoms with Gasteiger partial charge in [-0.3, -0.25) is 0 Å². The molecule has 3 nitrogen and oxygen atoms in total. The van der Waals surface area contributed by atoms with Crippen molar-refractivity contribution in [3.8, 4) is 11.5 Å². The number of ether oxygens (including phenoxy) is 2. The number of rotatable bonds is 3. The van der Waals surface area contributed by atoms with E-state index in [9.17, 15) is 0 Å². The van der Waals surface area contributed by atoms with E-state index in [1.165, 1.54) is 30.6 Å². The number of hydrogen-bond donors (Lipinski definition) is 1. The van der Waals surface area contributed by atoms with E-state index in [4.69, 9.17) is 9.47 Å². The summed E-state index contributed by atoms with van der Waals surface area (Å²) in [7, 11) is 2.07. The zero-order valence-corrected chi connectivity index (χ0v) is 11.5. The molecule has 0 aromatic heterocycles. The molecule has 1 aromatic carbocycles. The number of thioether (sulfide) groups is 1. The van der Waals surface area contributed by atoms with Crippen LogP contribution in [0, 0.1) is 0 Å². The Hall–Kier alpha value is -0.870. The van der Waals surface area contributed by atoms with Crippen LogP contribution in [0.25, 0.3) is 0 Å². The Morgan fingerprint density at radius 2 is 1.89 bits per heavy atom. The molecule has 0 amide bonds. The molecule has 0 atom stereocenters. The van der Waals surface area contributed by atoms with Gasteiger partial charge in [-0.1, -0.05) is 0 Å². The molecule has 0 spiro atoms. The van der Waals surface area contributed by atoms with Gasteiger partial charge in [0, 0.05) is 16.2 Å². The molecule has 1 fully saturated rings. The average molecular weight is 265 g/mol. The highest BCUT2D eigenvalue weighted by Crippen LogP contribution is 2.39. The molecule has 1 aliphatic carbocycles. The lowest BCUT2D eigenvalue weighted by Gasteiger charge is -2.27. The molecule has 98 valence electrons. The van der Waals surface area contributed by atoms with Gasteiger partial charge >= 0.3 is 0 Å². The third-order valence-corrected chi connectivity index (χ3v) is 5.06. The smallest absolute Gasteiger partial charge is 0.231 e. The van der Waals surface area contributed by atoms with Crippen LogP contribution in [0.15, 0.2) is 23.1 Å². The Labute approximate surface area is 112 Å². The van der Waals surface area contributed by atoms with Gasteiger partial charge < -0.3 is 14.8 Å². The van der Waals surface area contributed by atoms with E-state index in [-0.39, 0.29) is 0 Å². The maximum absolute atomic E-state index is 5.42. The minimum atomic E-state index is 0.358. The van der Waals surface area contributed by atoms with Gasteiger partial charge in [-0.05, 0) is 50.9 Å². The minimum absolute atomic E-state index is 0.358. The molecule has 0 radical (unpaired) electrons. The van der Waals surface area contributed by atoms with Gasteiger partial charge in [0.05, 0.1) is 0 Å². The van der Waals surface area contributed by atoms with E-state index < -0.39 is 0 Å². The van der Waals surface area contributed by atoms with Gasteiger partial charge in [0.1, 0.15) is 0 Å². The van der Waals surface area contributed by atoms with Crippen molar-refractivity contribution < 1.29 is 9.47 Å². The average Bonchev–Trinajstić information content (AvgIpc) is 2.87. The van der Waals surface area contributed by atoms with Crippen LogP contribution in [0.5, 0.6) is 11.5 Å². The first-order valence-electron chi connectivity index (χ1n) is 6.59. The van der Waals surface area contributed by atoms with Crippen LogP contribution in [0.1, 0.15) is 25.7 Å². The van der Waals surface area contributed by atoms with Gasteiger partial charge in [0.15, 0.2) is 11.5 Å². The molecule has 0 bridgehead atoms. The molecule has 1 N–H and O–H groups in total. The quantitative estimate of drug-likeness (QED) is 0.910. The highest BCUT2D eigenvalue weighted by atomic mass is 32.2. The fraction of sp³-hybridized carbons (Fsp3) is 0.571. The highest BCUT2D eigenvalue weighted by Gasteiger charge is 2.21. The van der Waals surface area contributed by atoms with Gasteiger partial charge in [-0.25, -0.2) is 0 Å². The van der Waals surface area contributed by atoms with Crippen LogP contribution >= 0.6 is 11.8 Å². The molecule has 0 unspecified atom stereocenters. The predicted molar refractivity (Wildman–Crippen MR) is 73.5 cm³/mol. The monoisotopic (exact) mass is 265 g/mol. The van der Waals surface area contributed by atoms with Crippen molar-refractivity contribution in [1.82, 2.24) is 5.32 Å². The third-order valence-electron chi connectivity index (χ3n) is 3.73. The summed E-state index contributed by atoms with van der Waals surface area (Å²) in [6.07, 6.45) is 5.17. The van der Waals surface area contributed by atoms with Crippen LogP contribution in [0.4, 0.5) is 0 Å². The Kier molecular flexibility index (Phi) is 3.66. The summed E-state index contributed by atoms with van der Waals surface area (Å²) in [5.41, 5.74) is 0. The molecule has 1 aliphatic heterocycles. The lowest BCUT2D eigenvalue weighted by molar-refractivity contribution is 0.174. The van der Waals surface area contributed by atoms with Crippen molar-refractivity contribution in [3.63, 3.8) is 0 Å². The fourth-order valence-corrected chi connectivity index (χ4v) is 3.83. The molecular weight excluding hydrogens is 246 g/mol. The molecule has 4 heteroatoms. The van der Waals surface area contributed by atoms with Crippen molar-refractivity contribution in [2.24, 2.45) is 0 Å². The SMILES string of the molecule is CNC1CCC(Sc2ccc3c(c2)OCO3)CC1. The lowest BCUT2D eigenvalue weighted by atomic mass is 9.95. The Morgan fingerprint density at radius 3 is 2.67 bits per heavy atom. The van der Waals surface area contributed by atoms with Crippen LogP contribution in [-0.4, -0.2) is 25.1 Å². The molecule has 1 aromatic rings. The lowest BCUT2D eigenvalue weighted by Crippen LogP contribution is -2.30. The summed E-state index contributed by atoms with van der Waals surface area (Å²) in [5, 5.41) is 4.12. The first-order chi connectivity index (χ1) is 8.85. The summed E-state index contributed by atoms with van der Waals surface area (Å²) in [6, 6.07) is 6.99. The number of nitrogens with one attached hydrogen (secondary N) is 1. The minimum Gasteiger partial charge on any atom is -0.454 e. The maximum atomic E-state index is 5.42. The molecule has 0 saturated heterocycles. The Balaban J connectivity index is 1.60. The zero-order valence-electron chi connectivity index (χ0n) is 10.6. The van der Waals surface area contributed by atoms with Crippen LogP contribution in [0.2, 0.25) is 0 Å². The van der Waals surface area contributed by atoms with E-state index in [2.05, 4.69) is 24.5 Å². The second kappa shape index (κ2) is 5.41. The van der Waals surface area contributed by atoms with E-state index in [1.807, 2.05) is 17.8 Å². The summed E-state index contributed by atoms with van der Waals surface area (Å²) >= 11 is 1.98. The first-order valence-corrected chi connectivity index (χ1v) is 7.46. The summed E-state index contributed by atoms with van der Waals surface area (Å²) in [6.45, 7) is 0.358. The molecule has 18 heavy (non-hydrogen) atoms. The van der Waals surface area contributed by atoms with E-state index >= 15 is 0 Å². The third kappa shape index (κ3) is 2.59. The highest BCUT2D eigenvalue weighted by molar-refractivity contribution is 8.00. The van der Waals surface area contributed by atoms with Crippen molar-refractivity contribution >= 4 is 11.8 Å². The topological polar surface area (TPSA) is 30.5 Å².